The number of methoxy groups -OCH3 is 1. The molecule has 0 atom stereocenters. The van der Waals surface area contributed by atoms with Crippen LogP contribution in [0.2, 0.25) is 5.02 Å². The maximum atomic E-state index is 13.3. The zero-order valence-corrected chi connectivity index (χ0v) is 17.6. The van der Waals surface area contributed by atoms with Crippen molar-refractivity contribution in [2.24, 2.45) is 0 Å². The topological polar surface area (TPSA) is 63.6 Å². The lowest BCUT2D eigenvalue weighted by Gasteiger charge is -2.19. The van der Waals surface area contributed by atoms with Crippen LogP contribution in [0.25, 0.3) is 10.8 Å². The summed E-state index contributed by atoms with van der Waals surface area (Å²) in [6.07, 6.45) is 0.779. The molecule has 7 heteroatoms. The van der Waals surface area contributed by atoms with E-state index in [1.165, 1.54) is 0 Å². The van der Waals surface area contributed by atoms with Crippen LogP contribution in [0.3, 0.4) is 0 Å². The predicted octanol–water partition coefficient (Wildman–Crippen LogP) is 3.72. The van der Waals surface area contributed by atoms with Crippen LogP contribution in [0.15, 0.2) is 48.5 Å². The maximum absolute atomic E-state index is 13.3. The van der Waals surface area contributed by atoms with Crippen LogP contribution in [0.4, 0.5) is 0 Å². The van der Waals surface area contributed by atoms with E-state index in [-0.39, 0.29) is 11.8 Å². The van der Waals surface area contributed by atoms with Gasteiger partial charge in [-0.3, -0.25) is 9.59 Å². The van der Waals surface area contributed by atoms with Crippen LogP contribution in [-0.2, 0) is 17.8 Å². The highest BCUT2D eigenvalue weighted by atomic mass is 35.5. The summed E-state index contributed by atoms with van der Waals surface area (Å²) in [4.78, 5) is 28.3. The summed E-state index contributed by atoms with van der Waals surface area (Å²) in [5.41, 5.74) is 2.08. The number of hydrogen-bond donors (Lipinski definition) is 1. The molecule has 1 aliphatic heterocycles. The van der Waals surface area contributed by atoms with Gasteiger partial charge in [0.05, 0.1) is 6.61 Å². The molecule has 0 saturated heterocycles. The Morgan fingerprint density at radius 1 is 1.10 bits per heavy atom. The smallest absolute Gasteiger partial charge is 0.271 e. The Balaban J connectivity index is 1.69. The lowest BCUT2D eigenvalue weighted by molar-refractivity contribution is 0.0701. The molecule has 0 spiro atoms. The van der Waals surface area contributed by atoms with E-state index in [2.05, 4.69) is 5.32 Å². The number of benzene rings is 2. The summed E-state index contributed by atoms with van der Waals surface area (Å²) >= 11 is 5.94. The van der Waals surface area contributed by atoms with E-state index in [9.17, 15) is 9.59 Å². The Morgan fingerprint density at radius 3 is 2.57 bits per heavy atom. The van der Waals surface area contributed by atoms with Gasteiger partial charge in [0.2, 0.25) is 0 Å². The third-order valence-corrected chi connectivity index (χ3v) is 5.68. The number of halogens is 1. The zero-order chi connectivity index (χ0) is 21.1. The fraction of sp³-hybridized carbons (Fsp3) is 0.304. The molecule has 2 amide bonds. The van der Waals surface area contributed by atoms with Crippen molar-refractivity contribution < 1.29 is 14.3 Å². The Bertz CT molecular complexity index is 1080. The molecule has 0 aliphatic carbocycles. The van der Waals surface area contributed by atoms with Crippen molar-refractivity contribution in [3.8, 4) is 0 Å². The Kier molecular flexibility index (Phi) is 6.06. The summed E-state index contributed by atoms with van der Waals surface area (Å²) in [5, 5.41) is 5.26. The minimum absolute atomic E-state index is 0.0579. The monoisotopic (exact) mass is 425 g/mol. The molecule has 156 valence electrons. The van der Waals surface area contributed by atoms with Crippen LogP contribution in [-0.4, -0.2) is 48.1 Å². The van der Waals surface area contributed by atoms with Gasteiger partial charge < -0.3 is 19.5 Å². The quantitative estimate of drug-likeness (QED) is 0.654. The highest BCUT2D eigenvalue weighted by molar-refractivity contribution is 6.30. The number of nitrogens with zero attached hydrogens (tertiary/aromatic N) is 2. The number of amides is 2. The van der Waals surface area contributed by atoms with Crippen molar-refractivity contribution >= 4 is 34.2 Å². The average Bonchev–Trinajstić information content (AvgIpc) is 3.00. The fourth-order valence-corrected chi connectivity index (χ4v) is 4.08. The molecule has 0 saturated carbocycles. The Morgan fingerprint density at radius 2 is 1.83 bits per heavy atom. The summed E-state index contributed by atoms with van der Waals surface area (Å²) < 4.78 is 7.05. The van der Waals surface area contributed by atoms with Gasteiger partial charge in [-0.1, -0.05) is 48.0 Å². The molecule has 3 aromatic rings. The van der Waals surface area contributed by atoms with Gasteiger partial charge in [-0.05, 0) is 24.1 Å². The van der Waals surface area contributed by atoms with Crippen LogP contribution < -0.4 is 5.32 Å². The van der Waals surface area contributed by atoms with Gasteiger partial charge in [0, 0.05) is 49.1 Å². The average molecular weight is 426 g/mol. The molecule has 2 aromatic carbocycles. The first-order valence-electron chi connectivity index (χ1n) is 10.0. The summed E-state index contributed by atoms with van der Waals surface area (Å²) in [7, 11) is 1.63. The lowest BCUT2D eigenvalue weighted by Crippen LogP contribution is -2.34. The first-order valence-corrected chi connectivity index (χ1v) is 10.4. The van der Waals surface area contributed by atoms with Crippen LogP contribution in [0.5, 0.6) is 0 Å². The fourth-order valence-electron chi connectivity index (χ4n) is 3.95. The second-order valence-electron chi connectivity index (χ2n) is 7.34. The lowest BCUT2D eigenvalue weighted by atomic mass is 10.1. The van der Waals surface area contributed by atoms with Gasteiger partial charge in [0.25, 0.3) is 11.8 Å². The molecule has 6 nitrogen and oxygen atoms in total. The molecule has 1 aromatic heterocycles. The van der Waals surface area contributed by atoms with Gasteiger partial charge in [0.15, 0.2) is 0 Å². The van der Waals surface area contributed by atoms with E-state index in [0.717, 1.165) is 22.8 Å². The third kappa shape index (κ3) is 3.93. The molecule has 30 heavy (non-hydrogen) atoms. The van der Waals surface area contributed by atoms with E-state index in [0.29, 0.717) is 49.2 Å². The van der Waals surface area contributed by atoms with Crippen molar-refractivity contribution in [2.75, 3.05) is 26.8 Å². The standard InChI is InChI=1S/C23H24ClN3O3/c1-30-14-13-26-11-4-12-27-20(18-5-2-3-6-19(18)21(27)23(26)29)22(28)25-15-16-7-9-17(24)10-8-16/h2-3,5-10H,4,11-15H2,1H3,(H,25,28). The number of rotatable bonds is 6. The molecule has 0 fully saturated rings. The van der Waals surface area contributed by atoms with Crippen LogP contribution in [0.1, 0.15) is 33.0 Å². The zero-order valence-electron chi connectivity index (χ0n) is 16.9. The molecule has 1 aliphatic rings. The SMILES string of the molecule is COCCN1CCCn2c(C(=O)NCc3ccc(Cl)cc3)c3ccccc3c2C1=O. The van der Waals surface area contributed by atoms with Gasteiger partial charge in [-0.2, -0.15) is 0 Å². The first kappa shape index (κ1) is 20.4. The number of ether oxygens (including phenoxy) is 1. The summed E-state index contributed by atoms with van der Waals surface area (Å²) in [5.74, 6) is -0.247. The molecule has 4 rings (SSSR count). The van der Waals surface area contributed by atoms with E-state index in [1.54, 1.807) is 19.2 Å². The number of nitrogens with one attached hydrogen (secondary N) is 1. The number of fused-ring (bicyclic) bond motifs is 3. The molecule has 0 radical (unpaired) electrons. The third-order valence-electron chi connectivity index (χ3n) is 5.42. The van der Waals surface area contributed by atoms with Crippen LogP contribution >= 0.6 is 11.6 Å². The number of carbonyl (C=O) groups excluding carboxylic acids is 2. The highest BCUT2D eigenvalue weighted by Gasteiger charge is 2.30. The van der Waals surface area contributed by atoms with Crippen molar-refractivity contribution in [3.05, 3.63) is 70.5 Å². The number of hydrogen-bond acceptors (Lipinski definition) is 3. The largest absolute Gasteiger partial charge is 0.383 e. The molecule has 0 unspecified atom stereocenters. The van der Waals surface area contributed by atoms with Crippen LogP contribution in [0, 0.1) is 0 Å². The van der Waals surface area contributed by atoms with Gasteiger partial charge in [-0.15, -0.1) is 0 Å². The van der Waals surface area contributed by atoms with Crippen molar-refractivity contribution in [2.45, 2.75) is 19.5 Å². The van der Waals surface area contributed by atoms with E-state index in [4.69, 9.17) is 16.3 Å². The molecule has 0 bridgehead atoms. The maximum Gasteiger partial charge on any atom is 0.271 e. The van der Waals surface area contributed by atoms with E-state index >= 15 is 0 Å². The van der Waals surface area contributed by atoms with Gasteiger partial charge >= 0.3 is 0 Å². The predicted molar refractivity (Wildman–Crippen MR) is 117 cm³/mol. The van der Waals surface area contributed by atoms with E-state index < -0.39 is 0 Å². The number of carbonyl (C=O) groups is 2. The molecular weight excluding hydrogens is 402 g/mol. The van der Waals surface area contributed by atoms with E-state index in [1.807, 2.05) is 45.9 Å². The normalized spacial score (nSPS) is 13.9. The van der Waals surface area contributed by atoms with Gasteiger partial charge in [0.1, 0.15) is 11.4 Å². The minimum atomic E-state index is -0.189. The molecule has 2 heterocycles. The second-order valence-corrected chi connectivity index (χ2v) is 7.78. The molecule has 1 N–H and O–H groups in total. The van der Waals surface area contributed by atoms with Crippen molar-refractivity contribution in [3.63, 3.8) is 0 Å². The minimum Gasteiger partial charge on any atom is -0.383 e. The summed E-state index contributed by atoms with van der Waals surface area (Å²) in [6.45, 7) is 2.66. The number of aromatic nitrogens is 1. The summed E-state index contributed by atoms with van der Waals surface area (Å²) in [6, 6.07) is 15.0. The Labute approximate surface area is 180 Å². The Hall–Kier alpha value is -2.83. The van der Waals surface area contributed by atoms with Gasteiger partial charge in [-0.25, -0.2) is 0 Å². The van der Waals surface area contributed by atoms with Crippen molar-refractivity contribution in [1.29, 1.82) is 0 Å². The second kappa shape index (κ2) is 8.90. The van der Waals surface area contributed by atoms with Crippen molar-refractivity contribution in [1.82, 2.24) is 14.8 Å². The highest BCUT2D eigenvalue weighted by Crippen LogP contribution is 2.29. The molecular formula is C23H24ClN3O3. The first-order chi connectivity index (χ1) is 14.6.